The van der Waals surface area contributed by atoms with Crippen LogP contribution in [-0.2, 0) is 10.2 Å². The summed E-state index contributed by atoms with van der Waals surface area (Å²) in [5.74, 6) is -0.679. The van der Waals surface area contributed by atoms with Crippen LogP contribution in [0.2, 0.25) is 0 Å². The van der Waals surface area contributed by atoms with Gasteiger partial charge in [0, 0.05) is 5.41 Å². The van der Waals surface area contributed by atoms with Crippen LogP contribution in [0.15, 0.2) is 36.5 Å². The zero-order valence-electron chi connectivity index (χ0n) is 13.0. The minimum atomic E-state index is -0.792. The van der Waals surface area contributed by atoms with Gasteiger partial charge in [-0.3, -0.25) is 4.79 Å². The molecule has 1 fully saturated rings. The van der Waals surface area contributed by atoms with E-state index < -0.39 is 17.3 Å². The molecule has 1 aromatic carbocycles. The largest absolute Gasteiger partial charge is 0.489 e. The Morgan fingerprint density at radius 3 is 2.70 bits per heavy atom. The van der Waals surface area contributed by atoms with Gasteiger partial charge >= 0.3 is 12.0 Å². The molecule has 1 aliphatic rings. The number of aliphatic carboxylic acids is 1. The molecule has 3 rings (SSSR count). The molecule has 6 nitrogen and oxygen atoms in total. The molecule has 0 spiro atoms. The number of carbonyl (C=O) groups is 1. The number of hydrogen-bond acceptors (Lipinski definition) is 5. The number of benzene rings is 1. The van der Waals surface area contributed by atoms with Crippen molar-refractivity contribution in [2.24, 2.45) is 5.92 Å². The summed E-state index contributed by atoms with van der Waals surface area (Å²) >= 11 is 0. The van der Waals surface area contributed by atoms with E-state index in [4.69, 9.17) is 9.47 Å². The van der Waals surface area contributed by atoms with Gasteiger partial charge in [-0.05, 0) is 18.9 Å². The van der Waals surface area contributed by atoms with Crippen LogP contribution in [0.3, 0.4) is 0 Å². The van der Waals surface area contributed by atoms with Gasteiger partial charge in [0.05, 0.1) is 31.5 Å². The number of nitrogens with zero attached hydrogens (tertiary/aromatic N) is 2. The Hall–Kier alpha value is -2.63. The van der Waals surface area contributed by atoms with Crippen LogP contribution < -0.4 is 9.47 Å². The number of rotatable bonds is 6. The summed E-state index contributed by atoms with van der Waals surface area (Å²) in [5.41, 5.74) is 1.16. The van der Waals surface area contributed by atoms with Gasteiger partial charge in [-0.25, -0.2) is 0 Å². The highest BCUT2D eigenvalue weighted by Crippen LogP contribution is 2.54. The lowest BCUT2D eigenvalue weighted by Gasteiger charge is -2.18. The highest BCUT2D eigenvalue weighted by atomic mass is 16.5. The average Bonchev–Trinajstić information content (AvgIpc) is 3.31. The van der Waals surface area contributed by atoms with Gasteiger partial charge in [-0.1, -0.05) is 30.3 Å². The molecule has 0 saturated heterocycles. The fourth-order valence-corrected chi connectivity index (χ4v) is 2.84. The molecule has 0 radical (unpaired) electrons. The second-order valence-corrected chi connectivity index (χ2v) is 5.71. The smallest absolute Gasteiger partial charge is 0.316 e. The second kappa shape index (κ2) is 5.87. The highest BCUT2D eigenvalue weighted by molar-refractivity contribution is 5.77. The monoisotopic (exact) mass is 314 g/mol. The van der Waals surface area contributed by atoms with Crippen LogP contribution in [0.5, 0.6) is 11.8 Å². The maximum absolute atomic E-state index is 11.4. The van der Waals surface area contributed by atoms with Crippen LogP contribution in [0.1, 0.15) is 17.7 Å². The molecule has 2 atom stereocenters. The Morgan fingerprint density at radius 1 is 1.39 bits per heavy atom. The van der Waals surface area contributed by atoms with E-state index in [9.17, 15) is 9.90 Å². The summed E-state index contributed by atoms with van der Waals surface area (Å²) < 4.78 is 10.8. The Bertz CT molecular complexity index is 720. The predicted molar refractivity (Wildman–Crippen MR) is 82.7 cm³/mol. The Kier molecular flexibility index (Phi) is 3.90. The lowest BCUT2D eigenvalue weighted by molar-refractivity contribution is -0.139. The van der Waals surface area contributed by atoms with E-state index in [1.165, 1.54) is 7.11 Å². The summed E-state index contributed by atoms with van der Waals surface area (Å²) in [6, 6.07) is 9.92. The number of methoxy groups -OCH3 is 1. The minimum absolute atomic E-state index is 0.280. The molecule has 1 aliphatic carbocycles. The first kappa shape index (κ1) is 15.3. The summed E-state index contributed by atoms with van der Waals surface area (Å²) in [6.45, 7) is 2.08. The summed E-state index contributed by atoms with van der Waals surface area (Å²) in [4.78, 5) is 19.6. The predicted octanol–water partition coefficient (Wildman–Crippen LogP) is 2.21. The van der Waals surface area contributed by atoms with Crippen molar-refractivity contribution in [1.29, 1.82) is 0 Å². The Balaban J connectivity index is 1.80. The molecule has 0 unspecified atom stereocenters. The standard InChI is InChI=1S/C17H18N2O4/c1-11-14(9-18-16(19-11)22-2)23-10-17(8-13(17)15(20)21)12-6-4-3-5-7-12/h3-7,9,13H,8,10H2,1-2H3,(H,20,21)/t13-,17+/m0/s1. The molecule has 120 valence electrons. The molecular formula is C17H18N2O4. The van der Waals surface area contributed by atoms with E-state index >= 15 is 0 Å². The highest BCUT2D eigenvalue weighted by Gasteiger charge is 2.60. The van der Waals surface area contributed by atoms with E-state index in [0.717, 1.165) is 5.56 Å². The first-order valence-corrected chi connectivity index (χ1v) is 7.35. The maximum Gasteiger partial charge on any atom is 0.316 e. The molecule has 1 saturated carbocycles. The van der Waals surface area contributed by atoms with E-state index in [2.05, 4.69) is 9.97 Å². The topological polar surface area (TPSA) is 81.5 Å². The molecule has 2 aromatic rings. The lowest BCUT2D eigenvalue weighted by atomic mass is 9.94. The van der Waals surface area contributed by atoms with E-state index in [1.807, 2.05) is 30.3 Å². The van der Waals surface area contributed by atoms with Crippen LogP contribution in [0.4, 0.5) is 0 Å². The lowest BCUT2D eigenvalue weighted by Crippen LogP contribution is -2.23. The molecule has 1 heterocycles. The van der Waals surface area contributed by atoms with E-state index in [-0.39, 0.29) is 12.6 Å². The molecule has 23 heavy (non-hydrogen) atoms. The zero-order valence-corrected chi connectivity index (χ0v) is 13.0. The van der Waals surface area contributed by atoms with Crippen molar-refractivity contribution in [3.05, 3.63) is 47.8 Å². The Morgan fingerprint density at radius 2 is 2.13 bits per heavy atom. The summed E-state index contributed by atoms with van der Waals surface area (Å²) in [6.07, 6.45) is 2.13. The number of hydrogen-bond donors (Lipinski definition) is 1. The van der Waals surface area contributed by atoms with Crippen LogP contribution in [0, 0.1) is 12.8 Å². The third-order valence-corrected chi connectivity index (χ3v) is 4.30. The van der Waals surface area contributed by atoms with Gasteiger partial charge in [0.1, 0.15) is 0 Å². The van der Waals surface area contributed by atoms with Crippen LogP contribution in [-0.4, -0.2) is 34.8 Å². The molecule has 1 aromatic heterocycles. The average molecular weight is 314 g/mol. The molecule has 0 bridgehead atoms. The fraction of sp³-hybridized carbons (Fsp3) is 0.353. The van der Waals surface area contributed by atoms with Crippen molar-refractivity contribution in [1.82, 2.24) is 9.97 Å². The zero-order chi connectivity index (χ0) is 16.4. The van der Waals surface area contributed by atoms with Gasteiger partial charge < -0.3 is 14.6 Å². The van der Waals surface area contributed by atoms with E-state index in [0.29, 0.717) is 17.9 Å². The number of carboxylic acids is 1. The summed E-state index contributed by atoms with van der Waals surface area (Å²) in [5, 5.41) is 9.37. The molecule has 0 aliphatic heterocycles. The van der Waals surface area contributed by atoms with E-state index in [1.54, 1.807) is 13.1 Å². The van der Waals surface area contributed by atoms with Gasteiger partial charge in [-0.2, -0.15) is 9.97 Å². The Labute approximate surface area is 134 Å². The first-order valence-electron chi connectivity index (χ1n) is 7.35. The van der Waals surface area contributed by atoms with Gasteiger partial charge in [0.15, 0.2) is 5.75 Å². The first-order chi connectivity index (χ1) is 11.1. The minimum Gasteiger partial charge on any atom is -0.489 e. The van der Waals surface area contributed by atoms with Crippen molar-refractivity contribution in [2.75, 3.05) is 13.7 Å². The molecule has 6 heteroatoms. The third kappa shape index (κ3) is 2.84. The van der Waals surface area contributed by atoms with Gasteiger partial charge in [0.2, 0.25) is 0 Å². The maximum atomic E-state index is 11.4. The van der Waals surface area contributed by atoms with Crippen LogP contribution >= 0.6 is 0 Å². The molecule has 0 amide bonds. The van der Waals surface area contributed by atoms with Crippen molar-refractivity contribution in [2.45, 2.75) is 18.8 Å². The molecule has 1 N–H and O–H groups in total. The van der Waals surface area contributed by atoms with Crippen molar-refractivity contribution >= 4 is 5.97 Å². The van der Waals surface area contributed by atoms with Crippen LogP contribution in [0.25, 0.3) is 0 Å². The third-order valence-electron chi connectivity index (χ3n) is 4.30. The van der Waals surface area contributed by atoms with Gasteiger partial charge in [0.25, 0.3) is 0 Å². The van der Waals surface area contributed by atoms with Crippen molar-refractivity contribution in [3.63, 3.8) is 0 Å². The normalized spacial score (nSPS) is 22.4. The summed E-state index contributed by atoms with van der Waals surface area (Å²) in [7, 11) is 1.50. The number of aromatic nitrogens is 2. The number of carboxylic acid groups (broad SMARTS) is 1. The quantitative estimate of drug-likeness (QED) is 0.880. The van der Waals surface area contributed by atoms with Crippen molar-refractivity contribution < 1.29 is 19.4 Å². The van der Waals surface area contributed by atoms with Gasteiger partial charge in [-0.15, -0.1) is 0 Å². The molecular weight excluding hydrogens is 296 g/mol. The second-order valence-electron chi connectivity index (χ2n) is 5.71. The number of ether oxygens (including phenoxy) is 2. The number of aryl methyl sites for hydroxylation is 1. The fourth-order valence-electron chi connectivity index (χ4n) is 2.84. The van der Waals surface area contributed by atoms with Crippen molar-refractivity contribution in [3.8, 4) is 11.8 Å². The SMILES string of the molecule is COc1ncc(OC[C@@]2(c3ccccc3)C[C@H]2C(=O)O)c(C)n1.